The quantitative estimate of drug-likeness (QED) is 0.441. The summed E-state index contributed by atoms with van der Waals surface area (Å²) < 4.78 is 11.7. The summed E-state index contributed by atoms with van der Waals surface area (Å²) in [4.78, 5) is 29.3. The predicted octanol–water partition coefficient (Wildman–Crippen LogP) is 6.76. The monoisotopic (exact) mass is 536 g/mol. The molecular weight excluding hydrogens is 492 g/mol. The van der Waals surface area contributed by atoms with Crippen LogP contribution in [-0.4, -0.2) is 57.9 Å². The van der Waals surface area contributed by atoms with Gasteiger partial charge >= 0.3 is 12.2 Å². The smallest absolute Gasteiger partial charge is 0.411 e. The highest BCUT2D eigenvalue weighted by Gasteiger charge is 2.46. The molecule has 4 rings (SSSR count). The Balaban J connectivity index is 1.39. The van der Waals surface area contributed by atoms with Crippen molar-refractivity contribution in [3.8, 4) is 0 Å². The van der Waals surface area contributed by atoms with Gasteiger partial charge in [0.25, 0.3) is 0 Å². The fourth-order valence-corrected chi connectivity index (χ4v) is 5.84. The van der Waals surface area contributed by atoms with Crippen molar-refractivity contribution in [2.75, 3.05) is 19.6 Å². The van der Waals surface area contributed by atoms with E-state index in [2.05, 4.69) is 24.3 Å². The average molecular weight is 537 g/mol. The number of ether oxygens (including phenoxy) is 2. The summed E-state index contributed by atoms with van der Waals surface area (Å²) in [5.74, 6) is 0.390. The largest absolute Gasteiger partial charge is 0.444 e. The maximum absolute atomic E-state index is 13.4. The molecule has 1 unspecified atom stereocenters. The van der Waals surface area contributed by atoms with Crippen LogP contribution in [0.2, 0.25) is 0 Å². The molecule has 1 N–H and O–H groups in total. The number of amides is 2. The third kappa shape index (κ3) is 7.13. The number of hydrogen-bond donors (Lipinski definition) is 1. The van der Waals surface area contributed by atoms with Gasteiger partial charge in [0.1, 0.15) is 11.2 Å². The molecule has 0 bridgehead atoms. The fraction of sp³-hybridized carbons (Fsp3) is 0.562. The van der Waals surface area contributed by atoms with Gasteiger partial charge in [-0.25, -0.2) is 9.59 Å². The summed E-state index contributed by atoms with van der Waals surface area (Å²) in [5, 5.41) is 10.6. The van der Waals surface area contributed by atoms with E-state index in [4.69, 9.17) is 9.47 Å². The van der Waals surface area contributed by atoms with Gasteiger partial charge < -0.3 is 24.4 Å². The zero-order valence-electron chi connectivity index (χ0n) is 24.3. The minimum absolute atomic E-state index is 0.142. The molecule has 212 valence electrons. The van der Waals surface area contributed by atoms with Crippen LogP contribution in [0.5, 0.6) is 0 Å². The molecule has 2 aliphatic rings. The lowest BCUT2D eigenvalue weighted by atomic mass is 9.80. The van der Waals surface area contributed by atoms with Crippen LogP contribution in [0.4, 0.5) is 9.59 Å². The van der Waals surface area contributed by atoms with Crippen LogP contribution >= 0.6 is 0 Å². The SMILES string of the molecule is C[C@@H](c1ccc(C2CCN(C(=O)OC(C)(C)C)CC2)cc1)N1CCC(CC(C)(C)O)(c2ccccc2)OC1=O. The molecule has 2 aliphatic heterocycles. The maximum Gasteiger partial charge on any atom is 0.411 e. The van der Waals surface area contributed by atoms with Crippen molar-refractivity contribution in [2.24, 2.45) is 0 Å². The first-order chi connectivity index (χ1) is 18.3. The van der Waals surface area contributed by atoms with Gasteiger partial charge in [-0.05, 0) is 77.0 Å². The van der Waals surface area contributed by atoms with Crippen molar-refractivity contribution in [1.29, 1.82) is 0 Å². The molecule has 2 aromatic rings. The molecule has 0 radical (unpaired) electrons. The van der Waals surface area contributed by atoms with Crippen molar-refractivity contribution < 1.29 is 24.2 Å². The number of carbonyl (C=O) groups is 2. The molecule has 7 nitrogen and oxygen atoms in total. The van der Waals surface area contributed by atoms with Crippen molar-refractivity contribution in [2.45, 2.75) is 96.0 Å². The summed E-state index contributed by atoms with van der Waals surface area (Å²) in [6, 6.07) is 18.1. The van der Waals surface area contributed by atoms with Crippen LogP contribution < -0.4 is 0 Å². The number of piperidine rings is 1. The zero-order valence-corrected chi connectivity index (χ0v) is 24.3. The van der Waals surface area contributed by atoms with Gasteiger partial charge in [-0.2, -0.15) is 0 Å². The number of carbonyl (C=O) groups excluding carboxylic acids is 2. The number of hydrogen-bond acceptors (Lipinski definition) is 5. The number of likely N-dealkylation sites (tertiary alicyclic amines) is 1. The summed E-state index contributed by atoms with van der Waals surface area (Å²) in [7, 11) is 0. The number of rotatable bonds is 6. The van der Waals surface area contributed by atoms with Crippen LogP contribution in [0.15, 0.2) is 54.6 Å². The molecular formula is C32H44N2O5. The van der Waals surface area contributed by atoms with E-state index in [0.717, 1.165) is 24.0 Å². The molecule has 2 amide bonds. The molecule has 0 aliphatic carbocycles. The van der Waals surface area contributed by atoms with E-state index in [9.17, 15) is 14.7 Å². The Labute approximate surface area is 233 Å². The number of cyclic esters (lactones) is 1. The molecule has 2 heterocycles. The summed E-state index contributed by atoms with van der Waals surface area (Å²) in [6.07, 6.45) is 2.13. The van der Waals surface area contributed by atoms with Crippen LogP contribution in [0.1, 0.15) is 95.9 Å². The molecule has 0 spiro atoms. The first kappa shape index (κ1) is 28.9. The van der Waals surface area contributed by atoms with E-state index < -0.39 is 16.8 Å². The van der Waals surface area contributed by atoms with E-state index in [1.54, 1.807) is 23.6 Å². The van der Waals surface area contributed by atoms with Crippen molar-refractivity contribution in [3.63, 3.8) is 0 Å². The zero-order chi connectivity index (χ0) is 28.4. The minimum Gasteiger partial charge on any atom is -0.444 e. The molecule has 0 aromatic heterocycles. The minimum atomic E-state index is -0.983. The summed E-state index contributed by atoms with van der Waals surface area (Å²) in [5.41, 5.74) is 0.892. The van der Waals surface area contributed by atoms with E-state index >= 15 is 0 Å². The highest BCUT2D eigenvalue weighted by atomic mass is 16.6. The summed E-state index contributed by atoms with van der Waals surface area (Å²) >= 11 is 0. The second-order valence-electron chi connectivity index (χ2n) is 12.7. The lowest BCUT2D eigenvalue weighted by molar-refractivity contribution is -0.101. The van der Waals surface area contributed by atoms with E-state index in [-0.39, 0.29) is 18.2 Å². The van der Waals surface area contributed by atoms with Crippen LogP contribution in [0.25, 0.3) is 0 Å². The Hall–Kier alpha value is -3.06. The molecule has 2 fully saturated rings. The van der Waals surface area contributed by atoms with E-state index in [0.29, 0.717) is 38.4 Å². The Morgan fingerprint density at radius 1 is 1.03 bits per heavy atom. The molecule has 2 atom stereocenters. The maximum atomic E-state index is 13.4. The average Bonchev–Trinajstić information content (AvgIpc) is 2.87. The molecule has 7 heteroatoms. The van der Waals surface area contributed by atoms with Gasteiger partial charge in [0.2, 0.25) is 0 Å². The number of aliphatic hydroxyl groups is 1. The molecule has 2 aromatic carbocycles. The van der Waals surface area contributed by atoms with Gasteiger partial charge in [0.05, 0.1) is 11.6 Å². The van der Waals surface area contributed by atoms with Crippen LogP contribution in [0, 0.1) is 0 Å². The highest BCUT2D eigenvalue weighted by molar-refractivity contribution is 5.70. The van der Waals surface area contributed by atoms with Crippen LogP contribution in [-0.2, 0) is 15.1 Å². The van der Waals surface area contributed by atoms with Crippen molar-refractivity contribution in [1.82, 2.24) is 9.80 Å². The Morgan fingerprint density at radius 2 is 1.64 bits per heavy atom. The second-order valence-corrected chi connectivity index (χ2v) is 12.7. The highest BCUT2D eigenvalue weighted by Crippen LogP contribution is 2.42. The Morgan fingerprint density at radius 3 is 2.18 bits per heavy atom. The standard InChI is InChI=1S/C32H44N2O5/c1-23(34-21-18-32(39-29(34)36,22-31(5,6)37)27-10-8-7-9-11-27)24-12-14-25(15-13-24)26-16-19-33(20-17-26)28(35)38-30(2,3)4/h7-15,23,26,37H,16-22H2,1-6H3/t23-,32?/m0/s1. The van der Waals surface area contributed by atoms with Gasteiger partial charge in [0, 0.05) is 32.5 Å². The number of nitrogens with zero attached hydrogens (tertiary/aromatic N) is 2. The van der Waals surface area contributed by atoms with Gasteiger partial charge in [-0.15, -0.1) is 0 Å². The van der Waals surface area contributed by atoms with Crippen molar-refractivity contribution >= 4 is 12.2 Å². The fourth-order valence-electron chi connectivity index (χ4n) is 5.84. The van der Waals surface area contributed by atoms with Gasteiger partial charge in [-0.3, -0.25) is 0 Å². The first-order valence-corrected chi connectivity index (χ1v) is 14.1. The third-order valence-electron chi connectivity index (χ3n) is 7.80. The number of benzene rings is 2. The lowest BCUT2D eigenvalue weighted by Crippen LogP contribution is -2.51. The van der Waals surface area contributed by atoms with Gasteiger partial charge in [0.15, 0.2) is 0 Å². The van der Waals surface area contributed by atoms with E-state index in [1.807, 2.05) is 58.0 Å². The predicted molar refractivity (Wildman–Crippen MR) is 151 cm³/mol. The normalized spacial score (nSPS) is 21.9. The Bertz CT molecular complexity index is 1130. The van der Waals surface area contributed by atoms with Gasteiger partial charge in [-0.1, -0.05) is 54.6 Å². The topological polar surface area (TPSA) is 79.3 Å². The summed E-state index contributed by atoms with van der Waals surface area (Å²) in [6.45, 7) is 13.1. The third-order valence-corrected chi connectivity index (χ3v) is 7.80. The first-order valence-electron chi connectivity index (χ1n) is 14.1. The molecule has 39 heavy (non-hydrogen) atoms. The van der Waals surface area contributed by atoms with Crippen LogP contribution in [0.3, 0.4) is 0 Å². The molecule has 2 saturated heterocycles. The Kier molecular flexibility index (Phi) is 8.31. The molecule has 0 saturated carbocycles. The second kappa shape index (κ2) is 11.2. The lowest BCUT2D eigenvalue weighted by Gasteiger charge is -2.45. The van der Waals surface area contributed by atoms with Crippen molar-refractivity contribution in [3.05, 3.63) is 71.3 Å². The van der Waals surface area contributed by atoms with E-state index in [1.165, 1.54) is 5.56 Å².